The van der Waals surface area contributed by atoms with Gasteiger partial charge >= 0.3 is 0 Å². The third kappa shape index (κ3) is 4.56. The molecule has 1 aromatic heterocycles. The number of para-hydroxylation sites is 1. The highest BCUT2D eigenvalue weighted by molar-refractivity contribution is 6.07. The van der Waals surface area contributed by atoms with Crippen LogP contribution in [0.3, 0.4) is 0 Å². The normalized spacial score (nSPS) is 11.8. The van der Waals surface area contributed by atoms with Crippen LogP contribution in [0.2, 0.25) is 0 Å². The molecule has 5 heteroatoms. The monoisotopic (exact) mass is 414 g/mol. The molecule has 1 heterocycles. The van der Waals surface area contributed by atoms with E-state index in [0.717, 1.165) is 27.8 Å². The van der Waals surface area contributed by atoms with Crippen LogP contribution in [0.5, 0.6) is 5.75 Å². The molecule has 0 saturated carbocycles. The predicted octanol–water partition coefficient (Wildman–Crippen LogP) is 5.93. The minimum Gasteiger partial charge on any atom is -0.494 e. The number of rotatable bonds is 6. The molecule has 0 aliphatic heterocycles. The number of halogens is 1. The number of aromatic nitrogens is 1. The van der Waals surface area contributed by atoms with Crippen molar-refractivity contribution in [2.24, 2.45) is 0 Å². The Bertz CT molecular complexity index is 1200. The van der Waals surface area contributed by atoms with Crippen molar-refractivity contribution < 1.29 is 13.9 Å². The summed E-state index contributed by atoms with van der Waals surface area (Å²) in [7, 11) is 0. The first-order chi connectivity index (χ1) is 15.0. The van der Waals surface area contributed by atoms with Crippen LogP contribution >= 0.6 is 0 Å². The Hall–Kier alpha value is -3.73. The Kier molecular flexibility index (Phi) is 5.94. The van der Waals surface area contributed by atoms with Gasteiger partial charge in [-0.1, -0.05) is 30.3 Å². The maximum atomic E-state index is 13.2. The smallest absolute Gasteiger partial charge is 0.252 e. The SMILES string of the molecule is CCOc1ccc(-c2cc(C(=O)N[C@H](C)c3ccc(F)cc3)c3ccccc3n2)cc1. The van der Waals surface area contributed by atoms with E-state index in [-0.39, 0.29) is 17.8 Å². The molecule has 0 aliphatic carbocycles. The van der Waals surface area contributed by atoms with Crippen LogP contribution in [-0.2, 0) is 0 Å². The van der Waals surface area contributed by atoms with Crippen LogP contribution in [0.1, 0.15) is 35.8 Å². The number of hydrogen-bond donors (Lipinski definition) is 1. The number of nitrogens with one attached hydrogen (secondary N) is 1. The summed E-state index contributed by atoms with van der Waals surface area (Å²) >= 11 is 0. The van der Waals surface area contributed by atoms with Gasteiger partial charge in [0.2, 0.25) is 0 Å². The molecule has 4 nitrogen and oxygen atoms in total. The van der Waals surface area contributed by atoms with Crippen LogP contribution < -0.4 is 10.1 Å². The van der Waals surface area contributed by atoms with Gasteiger partial charge in [-0.05, 0) is 67.9 Å². The highest BCUT2D eigenvalue weighted by Crippen LogP contribution is 2.27. The number of fused-ring (bicyclic) bond motifs is 1. The zero-order valence-electron chi connectivity index (χ0n) is 17.4. The Morgan fingerprint density at radius 1 is 1.03 bits per heavy atom. The molecule has 0 fully saturated rings. The summed E-state index contributed by atoms with van der Waals surface area (Å²) in [6, 6.07) is 22.9. The van der Waals surface area contributed by atoms with E-state index >= 15 is 0 Å². The molecule has 0 bridgehead atoms. The molecule has 31 heavy (non-hydrogen) atoms. The van der Waals surface area contributed by atoms with Crippen molar-refractivity contribution in [3.05, 3.63) is 95.8 Å². The number of hydrogen-bond acceptors (Lipinski definition) is 3. The van der Waals surface area contributed by atoms with Gasteiger partial charge in [-0.15, -0.1) is 0 Å². The molecule has 1 amide bonds. The molecule has 0 aliphatic rings. The second-order valence-corrected chi connectivity index (χ2v) is 7.28. The van der Waals surface area contributed by atoms with Gasteiger partial charge in [0.15, 0.2) is 0 Å². The molecular weight excluding hydrogens is 391 g/mol. The fraction of sp³-hybridized carbons (Fsp3) is 0.154. The lowest BCUT2D eigenvalue weighted by Crippen LogP contribution is -2.27. The summed E-state index contributed by atoms with van der Waals surface area (Å²) in [5.41, 5.74) is 3.73. The third-order valence-electron chi connectivity index (χ3n) is 5.14. The van der Waals surface area contributed by atoms with E-state index in [1.165, 1.54) is 12.1 Å². The summed E-state index contributed by atoms with van der Waals surface area (Å²) in [6.45, 7) is 4.42. The van der Waals surface area contributed by atoms with Gasteiger partial charge in [0.1, 0.15) is 11.6 Å². The van der Waals surface area contributed by atoms with Crippen LogP contribution in [0.25, 0.3) is 22.2 Å². The first-order valence-corrected chi connectivity index (χ1v) is 10.2. The van der Waals surface area contributed by atoms with E-state index in [0.29, 0.717) is 17.9 Å². The number of carbonyl (C=O) groups excluding carboxylic acids is 1. The Morgan fingerprint density at radius 2 is 1.74 bits per heavy atom. The third-order valence-corrected chi connectivity index (χ3v) is 5.14. The first kappa shape index (κ1) is 20.5. The molecule has 4 rings (SSSR count). The highest BCUT2D eigenvalue weighted by Gasteiger charge is 2.17. The fourth-order valence-electron chi connectivity index (χ4n) is 3.51. The van der Waals surface area contributed by atoms with Crippen molar-refractivity contribution in [3.8, 4) is 17.0 Å². The van der Waals surface area contributed by atoms with Crippen LogP contribution in [0.15, 0.2) is 78.9 Å². The van der Waals surface area contributed by atoms with Crippen molar-refractivity contribution >= 4 is 16.8 Å². The van der Waals surface area contributed by atoms with Gasteiger partial charge < -0.3 is 10.1 Å². The van der Waals surface area contributed by atoms with Gasteiger partial charge in [0.25, 0.3) is 5.91 Å². The number of nitrogens with zero attached hydrogens (tertiary/aromatic N) is 1. The van der Waals surface area contributed by atoms with Crippen molar-refractivity contribution in [2.75, 3.05) is 6.61 Å². The molecule has 0 saturated heterocycles. The van der Waals surface area contributed by atoms with Gasteiger partial charge in [0, 0.05) is 10.9 Å². The average molecular weight is 414 g/mol. The molecule has 1 N–H and O–H groups in total. The van der Waals surface area contributed by atoms with Crippen molar-refractivity contribution in [1.29, 1.82) is 0 Å². The van der Waals surface area contributed by atoms with Gasteiger partial charge in [-0.25, -0.2) is 9.37 Å². The van der Waals surface area contributed by atoms with Crippen molar-refractivity contribution in [3.63, 3.8) is 0 Å². The number of ether oxygens (including phenoxy) is 1. The second-order valence-electron chi connectivity index (χ2n) is 7.28. The van der Waals surface area contributed by atoms with Crippen molar-refractivity contribution in [1.82, 2.24) is 10.3 Å². The van der Waals surface area contributed by atoms with E-state index in [1.807, 2.05) is 68.4 Å². The number of amides is 1. The van der Waals surface area contributed by atoms with Crippen LogP contribution in [-0.4, -0.2) is 17.5 Å². The lowest BCUT2D eigenvalue weighted by atomic mass is 10.0. The summed E-state index contributed by atoms with van der Waals surface area (Å²) < 4.78 is 18.7. The maximum Gasteiger partial charge on any atom is 0.252 e. The zero-order chi connectivity index (χ0) is 21.8. The van der Waals surface area contributed by atoms with Gasteiger partial charge in [0.05, 0.1) is 29.4 Å². The quantitative estimate of drug-likeness (QED) is 0.425. The van der Waals surface area contributed by atoms with E-state index in [2.05, 4.69) is 5.32 Å². The number of pyridine rings is 1. The largest absolute Gasteiger partial charge is 0.494 e. The molecule has 0 radical (unpaired) electrons. The first-order valence-electron chi connectivity index (χ1n) is 10.2. The molecule has 4 aromatic rings. The van der Waals surface area contributed by atoms with Crippen LogP contribution in [0.4, 0.5) is 4.39 Å². The van der Waals surface area contributed by atoms with E-state index in [4.69, 9.17) is 9.72 Å². The fourth-order valence-corrected chi connectivity index (χ4v) is 3.51. The highest BCUT2D eigenvalue weighted by atomic mass is 19.1. The molecule has 156 valence electrons. The van der Waals surface area contributed by atoms with Crippen molar-refractivity contribution in [2.45, 2.75) is 19.9 Å². The average Bonchev–Trinajstić information content (AvgIpc) is 2.79. The molecule has 0 spiro atoms. The lowest BCUT2D eigenvalue weighted by molar-refractivity contribution is 0.0941. The predicted molar refractivity (Wildman–Crippen MR) is 121 cm³/mol. The van der Waals surface area contributed by atoms with E-state index in [9.17, 15) is 9.18 Å². The van der Waals surface area contributed by atoms with E-state index in [1.54, 1.807) is 12.1 Å². The molecule has 1 atom stereocenters. The molecule has 0 unspecified atom stereocenters. The molecule has 3 aromatic carbocycles. The molecular formula is C26H23FN2O2. The van der Waals surface area contributed by atoms with E-state index < -0.39 is 0 Å². The number of carbonyl (C=O) groups is 1. The number of benzene rings is 3. The zero-order valence-corrected chi connectivity index (χ0v) is 17.4. The summed E-state index contributed by atoms with van der Waals surface area (Å²) in [5, 5.41) is 3.80. The second kappa shape index (κ2) is 8.96. The summed E-state index contributed by atoms with van der Waals surface area (Å²) in [6.07, 6.45) is 0. The standard InChI is InChI=1S/C26H23FN2O2/c1-3-31-21-14-10-19(11-15-21)25-16-23(22-6-4-5-7-24(22)29-25)26(30)28-17(2)18-8-12-20(27)13-9-18/h4-17H,3H2,1-2H3,(H,28,30)/t17-/m1/s1. The maximum absolute atomic E-state index is 13.2. The minimum absolute atomic E-state index is 0.206. The van der Waals surface area contributed by atoms with Gasteiger partial charge in [-0.2, -0.15) is 0 Å². The Labute approximate surface area is 180 Å². The van der Waals surface area contributed by atoms with Crippen LogP contribution in [0, 0.1) is 5.82 Å². The summed E-state index contributed by atoms with van der Waals surface area (Å²) in [4.78, 5) is 17.9. The Balaban J connectivity index is 1.69. The lowest BCUT2D eigenvalue weighted by Gasteiger charge is -2.16. The topological polar surface area (TPSA) is 51.2 Å². The Morgan fingerprint density at radius 3 is 2.45 bits per heavy atom. The minimum atomic E-state index is -0.303. The summed E-state index contributed by atoms with van der Waals surface area (Å²) in [5.74, 6) is 0.281. The van der Waals surface area contributed by atoms with Gasteiger partial charge in [-0.3, -0.25) is 4.79 Å².